The highest BCUT2D eigenvalue weighted by atomic mass is 32.2. The molecule has 9 heteroatoms. The Kier molecular flexibility index (Phi) is 5.83. The molecule has 1 aromatic carbocycles. The van der Waals surface area contributed by atoms with E-state index in [0.29, 0.717) is 24.8 Å². The second kappa shape index (κ2) is 9.05. The summed E-state index contributed by atoms with van der Waals surface area (Å²) >= 11 is 1.06. The monoisotopic (exact) mass is 448 g/mol. The molecule has 3 aromatic rings. The molecule has 5 rings (SSSR count). The highest BCUT2D eigenvalue weighted by Gasteiger charge is 2.20. The van der Waals surface area contributed by atoms with Gasteiger partial charge in [-0.25, -0.2) is 9.31 Å². The van der Waals surface area contributed by atoms with Crippen LogP contribution in [0.25, 0.3) is 16.6 Å². The van der Waals surface area contributed by atoms with Gasteiger partial charge in [0.1, 0.15) is 0 Å². The zero-order chi connectivity index (χ0) is 21.9. The summed E-state index contributed by atoms with van der Waals surface area (Å²) in [4.78, 5) is 17.1. The molecule has 0 saturated heterocycles. The summed E-state index contributed by atoms with van der Waals surface area (Å²) in [7, 11) is 0. The number of aryl methyl sites for hydroxylation is 1. The Labute approximate surface area is 190 Å². The number of aliphatic imine (C=N–C) groups is 1. The van der Waals surface area contributed by atoms with E-state index in [1.807, 2.05) is 22.8 Å². The van der Waals surface area contributed by atoms with Crippen molar-refractivity contribution in [3.8, 4) is 11.1 Å². The maximum atomic E-state index is 12.8. The number of benzene rings is 1. The standard InChI is InChI=1S/C23H24N6O2S/c24-21(12-17-14-31-11-10-25-17)32-28-23(30)27-22-19-3-1-2-15(19)5-7-20(22)16-4-6-18-8-9-26-29(18)13-16/h4-9,12-13H,1-3,10-11,14,24H2,(H2,27,28,30). The molecule has 2 aromatic heterocycles. The summed E-state index contributed by atoms with van der Waals surface area (Å²) in [6.07, 6.45) is 8.54. The fourth-order valence-corrected chi connectivity index (χ4v) is 4.58. The van der Waals surface area contributed by atoms with Crippen LogP contribution in [0.2, 0.25) is 0 Å². The number of amides is 2. The molecule has 3 heterocycles. The molecule has 32 heavy (non-hydrogen) atoms. The van der Waals surface area contributed by atoms with Gasteiger partial charge >= 0.3 is 6.03 Å². The fourth-order valence-electron chi connectivity index (χ4n) is 4.12. The van der Waals surface area contributed by atoms with Crippen LogP contribution in [0.15, 0.2) is 58.8 Å². The average molecular weight is 449 g/mol. The first-order valence-corrected chi connectivity index (χ1v) is 11.4. The third-order valence-electron chi connectivity index (χ3n) is 5.60. The molecule has 0 unspecified atom stereocenters. The molecule has 0 bridgehead atoms. The number of nitrogens with two attached hydrogens (primary N) is 1. The van der Waals surface area contributed by atoms with E-state index in [2.05, 4.69) is 38.3 Å². The van der Waals surface area contributed by atoms with Crippen molar-refractivity contribution in [3.05, 3.63) is 65.0 Å². The molecular formula is C23H24N6O2S. The van der Waals surface area contributed by atoms with Crippen molar-refractivity contribution in [1.82, 2.24) is 14.3 Å². The van der Waals surface area contributed by atoms with E-state index in [1.54, 1.807) is 12.3 Å². The number of aromatic nitrogens is 2. The van der Waals surface area contributed by atoms with Crippen LogP contribution < -0.4 is 15.8 Å². The molecule has 1 aliphatic heterocycles. The molecular weight excluding hydrogens is 424 g/mol. The molecule has 0 fully saturated rings. The summed E-state index contributed by atoms with van der Waals surface area (Å²) < 4.78 is 9.98. The molecule has 1 aliphatic carbocycles. The van der Waals surface area contributed by atoms with Crippen LogP contribution in [0.4, 0.5) is 10.5 Å². The Morgan fingerprint density at radius 3 is 3.03 bits per heavy atom. The zero-order valence-electron chi connectivity index (χ0n) is 17.5. The van der Waals surface area contributed by atoms with Crippen molar-refractivity contribution in [2.75, 3.05) is 25.1 Å². The number of hydrogen-bond acceptors (Lipinski definition) is 6. The molecule has 8 nitrogen and oxygen atoms in total. The van der Waals surface area contributed by atoms with Gasteiger partial charge in [-0.2, -0.15) is 5.10 Å². The maximum absolute atomic E-state index is 12.8. The summed E-state index contributed by atoms with van der Waals surface area (Å²) in [5.74, 6) is 0. The number of carbonyl (C=O) groups is 1. The number of anilines is 1. The van der Waals surface area contributed by atoms with Crippen LogP contribution in [0.5, 0.6) is 0 Å². The number of urea groups is 1. The van der Waals surface area contributed by atoms with Gasteiger partial charge < -0.3 is 15.8 Å². The Morgan fingerprint density at radius 2 is 2.16 bits per heavy atom. The number of rotatable bonds is 5. The average Bonchev–Trinajstić information content (AvgIpc) is 3.47. The van der Waals surface area contributed by atoms with Crippen molar-refractivity contribution in [1.29, 1.82) is 0 Å². The molecule has 2 amide bonds. The number of pyridine rings is 1. The first-order valence-electron chi connectivity index (χ1n) is 10.6. The molecule has 0 atom stereocenters. The topological polar surface area (TPSA) is 106 Å². The van der Waals surface area contributed by atoms with Gasteiger partial charge in [0, 0.05) is 35.5 Å². The summed E-state index contributed by atoms with van der Waals surface area (Å²) in [6, 6.07) is 9.95. The summed E-state index contributed by atoms with van der Waals surface area (Å²) in [6.45, 7) is 1.69. The van der Waals surface area contributed by atoms with E-state index in [9.17, 15) is 4.79 Å². The van der Waals surface area contributed by atoms with Crippen molar-refractivity contribution in [3.63, 3.8) is 0 Å². The van der Waals surface area contributed by atoms with Crippen molar-refractivity contribution < 1.29 is 9.53 Å². The summed E-state index contributed by atoms with van der Waals surface area (Å²) in [5.41, 5.74) is 13.1. The molecule has 0 spiro atoms. The molecule has 4 N–H and O–H groups in total. The van der Waals surface area contributed by atoms with Gasteiger partial charge in [0.2, 0.25) is 0 Å². The van der Waals surface area contributed by atoms with Crippen LogP contribution in [0.3, 0.4) is 0 Å². The van der Waals surface area contributed by atoms with Crippen molar-refractivity contribution >= 4 is 34.9 Å². The second-order valence-corrected chi connectivity index (χ2v) is 8.61. The van der Waals surface area contributed by atoms with Crippen molar-refractivity contribution in [2.24, 2.45) is 10.7 Å². The first kappa shape index (κ1) is 20.6. The number of carbonyl (C=O) groups excluding carboxylic acids is 1. The van der Waals surface area contributed by atoms with Gasteiger partial charge in [0.05, 0.1) is 41.7 Å². The van der Waals surface area contributed by atoms with Gasteiger partial charge in [-0.1, -0.05) is 18.2 Å². The van der Waals surface area contributed by atoms with Crippen LogP contribution in [-0.4, -0.2) is 41.1 Å². The third kappa shape index (κ3) is 4.35. The predicted octanol–water partition coefficient (Wildman–Crippen LogP) is 3.53. The lowest BCUT2D eigenvalue weighted by Crippen LogP contribution is -2.25. The van der Waals surface area contributed by atoms with E-state index in [0.717, 1.165) is 59.3 Å². The van der Waals surface area contributed by atoms with Crippen LogP contribution in [-0.2, 0) is 17.6 Å². The molecule has 0 saturated carbocycles. The number of nitrogens with one attached hydrogen (secondary N) is 2. The number of nitrogens with zero attached hydrogens (tertiary/aromatic N) is 3. The lowest BCUT2D eigenvalue weighted by molar-refractivity contribution is 0.171. The van der Waals surface area contributed by atoms with Crippen LogP contribution in [0.1, 0.15) is 17.5 Å². The number of fused-ring (bicyclic) bond motifs is 2. The second-order valence-electron chi connectivity index (χ2n) is 7.73. The van der Waals surface area contributed by atoms with Gasteiger partial charge in [0.15, 0.2) is 0 Å². The predicted molar refractivity (Wildman–Crippen MR) is 128 cm³/mol. The van der Waals surface area contributed by atoms with Crippen LogP contribution >= 0.6 is 11.9 Å². The Bertz CT molecular complexity index is 1230. The first-order chi connectivity index (χ1) is 15.7. The van der Waals surface area contributed by atoms with E-state index in [-0.39, 0.29) is 6.03 Å². The fraction of sp³-hybridized carbons (Fsp3) is 0.261. The lowest BCUT2D eigenvalue weighted by Gasteiger charge is -2.17. The normalized spacial score (nSPS) is 16.0. The number of ether oxygens (including phenoxy) is 1. The third-order valence-corrected chi connectivity index (χ3v) is 6.24. The minimum absolute atomic E-state index is 0.324. The molecule has 0 radical (unpaired) electrons. The van der Waals surface area contributed by atoms with E-state index in [1.165, 1.54) is 11.1 Å². The van der Waals surface area contributed by atoms with Crippen LogP contribution in [0, 0.1) is 0 Å². The minimum atomic E-state index is -0.324. The minimum Gasteiger partial charge on any atom is -0.392 e. The SMILES string of the molecule is NC(=CC1=NCCOC1)SNC(=O)Nc1c(-c2ccc3ccnn3c2)ccc2c1CCC2. The lowest BCUT2D eigenvalue weighted by atomic mass is 9.98. The zero-order valence-corrected chi connectivity index (χ0v) is 18.3. The largest absolute Gasteiger partial charge is 0.392 e. The Hall–Kier alpha value is -3.30. The van der Waals surface area contributed by atoms with E-state index in [4.69, 9.17) is 10.5 Å². The quantitative estimate of drug-likeness (QED) is 0.518. The molecule has 164 valence electrons. The smallest absolute Gasteiger partial charge is 0.329 e. The number of hydrogen-bond donors (Lipinski definition) is 3. The maximum Gasteiger partial charge on any atom is 0.329 e. The van der Waals surface area contributed by atoms with Gasteiger partial charge in [-0.3, -0.25) is 9.71 Å². The Balaban J connectivity index is 1.36. The van der Waals surface area contributed by atoms with Gasteiger partial charge in [0.25, 0.3) is 0 Å². The Morgan fingerprint density at radius 1 is 1.22 bits per heavy atom. The van der Waals surface area contributed by atoms with Gasteiger partial charge in [-0.15, -0.1) is 0 Å². The highest BCUT2D eigenvalue weighted by Crippen LogP contribution is 2.37. The highest BCUT2D eigenvalue weighted by molar-refractivity contribution is 8.01. The van der Waals surface area contributed by atoms with E-state index < -0.39 is 0 Å². The summed E-state index contributed by atoms with van der Waals surface area (Å²) in [5, 5.41) is 7.86. The molecule has 2 aliphatic rings. The van der Waals surface area contributed by atoms with E-state index >= 15 is 0 Å². The van der Waals surface area contributed by atoms with Gasteiger partial charge in [-0.05, 0) is 48.6 Å². The van der Waals surface area contributed by atoms with Crippen molar-refractivity contribution in [2.45, 2.75) is 19.3 Å².